The van der Waals surface area contributed by atoms with E-state index in [2.05, 4.69) is 22.5 Å². The molecule has 2 aliphatic heterocycles. The highest BCUT2D eigenvalue weighted by Gasteiger charge is 2.48. The lowest BCUT2D eigenvalue weighted by Gasteiger charge is -2.26. The van der Waals surface area contributed by atoms with Gasteiger partial charge in [0.05, 0.1) is 19.8 Å². The third kappa shape index (κ3) is 4.10. The number of methoxy groups -OCH3 is 1. The Hall–Kier alpha value is -3.99. The van der Waals surface area contributed by atoms with E-state index in [1.165, 1.54) is 12.0 Å². The standard InChI is InChI=1S/C24H23N3O5/c1-15(2)32-18-7-4-16(5-8-18)10-11-24(22(29)25-23(30)26-24)14-27-13-17-6-9-19(31-3)12-20(17)21(27)28/h4-9,12,15H,13-14H2,1-3H3,(H2,25,26,29,30)/t24-/m1/s1. The van der Waals surface area contributed by atoms with Crippen molar-refractivity contribution in [1.29, 1.82) is 0 Å². The van der Waals surface area contributed by atoms with Crippen LogP contribution >= 0.6 is 0 Å². The van der Waals surface area contributed by atoms with Crippen LogP contribution in [0.4, 0.5) is 4.79 Å². The number of rotatable bonds is 5. The average Bonchev–Trinajstić information content (AvgIpc) is 3.22. The summed E-state index contributed by atoms with van der Waals surface area (Å²) < 4.78 is 10.8. The van der Waals surface area contributed by atoms with Crippen LogP contribution in [0.3, 0.4) is 0 Å². The Kier molecular flexibility index (Phi) is 5.49. The van der Waals surface area contributed by atoms with Gasteiger partial charge in [-0.15, -0.1) is 0 Å². The number of imide groups is 1. The summed E-state index contributed by atoms with van der Waals surface area (Å²) in [7, 11) is 1.53. The SMILES string of the molecule is COc1ccc2c(c1)C(=O)N(C[C@@]1(C#Cc3ccc(OC(C)C)cc3)NC(=O)NC1=O)C2. The van der Waals surface area contributed by atoms with E-state index < -0.39 is 17.5 Å². The molecular formula is C24H23N3O5. The molecule has 2 aromatic rings. The largest absolute Gasteiger partial charge is 0.497 e. The number of hydrogen-bond acceptors (Lipinski definition) is 5. The van der Waals surface area contributed by atoms with Crippen molar-refractivity contribution in [2.24, 2.45) is 0 Å². The molecule has 0 aromatic heterocycles. The van der Waals surface area contributed by atoms with Crippen LogP contribution in [0.1, 0.15) is 35.3 Å². The minimum Gasteiger partial charge on any atom is -0.497 e. The predicted molar refractivity (Wildman–Crippen MR) is 116 cm³/mol. The molecule has 8 heteroatoms. The molecule has 4 amide bonds. The highest BCUT2D eigenvalue weighted by molar-refractivity contribution is 6.10. The lowest BCUT2D eigenvalue weighted by molar-refractivity contribution is -0.122. The maximum absolute atomic E-state index is 12.9. The van der Waals surface area contributed by atoms with Gasteiger partial charge in [0.1, 0.15) is 11.5 Å². The molecule has 0 saturated carbocycles. The molecule has 164 valence electrons. The van der Waals surface area contributed by atoms with E-state index in [9.17, 15) is 14.4 Å². The van der Waals surface area contributed by atoms with Crippen molar-refractivity contribution >= 4 is 17.8 Å². The number of amides is 4. The summed E-state index contributed by atoms with van der Waals surface area (Å²) in [6, 6.07) is 11.8. The van der Waals surface area contributed by atoms with Crippen molar-refractivity contribution in [1.82, 2.24) is 15.5 Å². The molecule has 32 heavy (non-hydrogen) atoms. The maximum atomic E-state index is 12.9. The predicted octanol–water partition coefficient (Wildman–Crippen LogP) is 2.07. The Balaban J connectivity index is 1.59. The Morgan fingerprint density at radius 2 is 1.81 bits per heavy atom. The molecule has 0 aliphatic carbocycles. The molecule has 2 aliphatic rings. The van der Waals surface area contributed by atoms with E-state index in [1.807, 2.05) is 19.9 Å². The number of hydrogen-bond donors (Lipinski definition) is 2. The molecule has 1 atom stereocenters. The van der Waals surface area contributed by atoms with Crippen LogP contribution in [0.25, 0.3) is 0 Å². The van der Waals surface area contributed by atoms with Crippen LogP contribution in [-0.4, -0.2) is 48.0 Å². The number of ether oxygens (including phenoxy) is 2. The Labute approximate surface area is 185 Å². The number of carbonyl (C=O) groups excluding carboxylic acids is 3. The molecule has 8 nitrogen and oxygen atoms in total. The summed E-state index contributed by atoms with van der Waals surface area (Å²) in [4.78, 5) is 39.1. The summed E-state index contributed by atoms with van der Waals surface area (Å²) in [6.45, 7) is 4.10. The number of nitrogens with zero attached hydrogens (tertiary/aromatic N) is 1. The van der Waals surface area contributed by atoms with E-state index in [4.69, 9.17) is 9.47 Å². The number of nitrogens with one attached hydrogen (secondary N) is 2. The third-order valence-electron chi connectivity index (χ3n) is 5.21. The normalized spacial score (nSPS) is 19.2. The zero-order valence-electron chi connectivity index (χ0n) is 18.0. The van der Waals surface area contributed by atoms with E-state index in [0.29, 0.717) is 29.2 Å². The van der Waals surface area contributed by atoms with E-state index in [1.54, 1.807) is 36.4 Å². The number of carbonyl (C=O) groups is 3. The van der Waals surface area contributed by atoms with Gasteiger partial charge < -0.3 is 19.7 Å². The average molecular weight is 433 g/mol. The van der Waals surface area contributed by atoms with E-state index in [0.717, 1.165) is 5.56 Å². The first kappa shape index (κ1) is 21.2. The van der Waals surface area contributed by atoms with Crippen LogP contribution in [0.2, 0.25) is 0 Å². The second kappa shape index (κ2) is 8.27. The molecule has 0 bridgehead atoms. The van der Waals surface area contributed by atoms with Crippen LogP contribution < -0.4 is 20.1 Å². The zero-order valence-corrected chi connectivity index (χ0v) is 18.0. The van der Waals surface area contributed by atoms with Gasteiger partial charge in [-0.2, -0.15) is 0 Å². The number of urea groups is 1. The van der Waals surface area contributed by atoms with Gasteiger partial charge in [0.15, 0.2) is 0 Å². The molecule has 0 radical (unpaired) electrons. The van der Waals surface area contributed by atoms with Gasteiger partial charge in [0, 0.05) is 17.7 Å². The van der Waals surface area contributed by atoms with Gasteiger partial charge in [-0.25, -0.2) is 4.79 Å². The maximum Gasteiger partial charge on any atom is 0.323 e. The summed E-state index contributed by atoms with van der Waals surface area (Å²) >= 11 is 0. The van der Waals surface area contributed by atoms with Crippen molar-refractivity contribution in [3.8, 4) is 23.3 Å². The first-order valence-corrected chi connectivity index (χ1v) is 10.2. The fourth-order valence-corrected chi connectivity index (χ4v) is 3.68. The minimum atomic E-state index is -1.55. The highest BCUT2D eigenvalue weighted by Crippen LogP contribution is 2.28. The summed E-state index contributed by atoms with van der Waals surface area (Å²) in [5.41, 5.74) is 0.434. The smallest absolute Gasteiger partial charge is 0.323 e. The molecule has 2 aromatic carbocycles. The first-order valence-electron chi connectivity index (χ1n) is 10.2. The van der Waals surface area contributed by atoms with Crippen LogP contribution in [-0.2, 0) is 11.3 Å². The summed E-state index contributed by atoms with van der Waals surface area (Å²) in [5, 5.41) is 4.84. The highest BCUT2D eigenvalue weighted by atomic mass is 16.5. The fourth-order valence-electron chi connectivity index (χ4n) is 3.68. The Bertz CT molecular complexity index is 1150. The van der Waals surface area contributed by atoms with Crippen molar-refractivity contribution < 1.29 is 23.9 Å². The molecule has 0 unspecified atom stereocenters. The van der Waals surface area contributed by atoms with Crippen LogP contribution in [0.15, 0.2) is 42.5 Å². The number of benzene rings is 2. The monoisotopic (exact) mass is 433 g/mol. The van der Waals surface area contributed by atoms with Crippen molar-refractivity contribution in [2.75, 3.05) is 13.7 Å². The van der Waals surface area contributed by atoms with Crippen LogP contribution in [0, 0.1) is 11.8 Å². The molecule has 2 heterocycles. The lowest BCUT2D eigenvalue weighted by Crippen LogP contribution is -2.54. The van der Waals surface area contributed by atoms with Gasteiger partial charge in [0.2, 0.25) is 5.54 Å². The molecule has 0 spiro atoms. The number of fused-ring (bicyclic) bond motifs is 1. The van der Waals surface area contributed by atoms with Gasteiger partial charge >= 0.3 is 6.03 Å². The van der Waals surface area contributed by atoms with Gasteiger partial charge in [0.25, 0.3) is 11.8 Å². The quantitative estimate of drug-likeness (QED) is 0.556. The van der Waals surface area contributed by atoms with Gasteiger partial charge in [-0.3, -0.25) is 14.9 Å². The van der Waals surface area contributed by atoms with Gasteiger partial charge in [-0.1, -0.05) is 17.9 Å². The lowest BCUT2D eigenvalue weighted by atomic mass is 9.99. The molecular weight excluding hydrogens is 410 g/mol. The molecule has 1 fully saturated rings. The van der Waals surface area contributed by atoms with E-state index in [-0.39, 0.29) is 18.6 Å². The molecule has 1 saturated heterocycles. The minimum absolute atomic E-state index is 0.0506. The Morgan fingerprint density at radius 3 is 2.44 bits per heavy atom. The van der Waals surface area contributed by atoms with Crippen LogP contribution in [0.5, 0.6) is 11.5 Å². The Morgan fingerprint density at radius 1 is 1.09 bits per heavy atom. The van der Waals surface area contributed by atoms with Crippen molar-refractivity contribution in [2.45, 2.75) is 32.0 Å². The second-order valence-electron chi connectivity index (χ2n) is 7.94. The van der Waals surface area contributed by atoms with Crippen molar-refractivity contribution in [3.63, 3.8) is 0 Å². The van der Waals surface area contributed by atoms with Crippen molar-refractivity contribution in [3.05, 3.63) is 59.2 Å². The van der Waals surface area contributed by atoms with E-state index >= 15 is 0 Å². The second-order valence-corrected chi connectivity index (χ2v) is 7.94. The zero-order chi connectivity index (χ0) is 22.9. The molecule has 2 N–H and O–H groups in total. The first-order chi connectivity index (χ1) is 15.3. The van der Waals surface area contributed by atoms with Gasteiger partial charge in [-0.05, 0) is 55.8 Å². The summed E-state index contributed by atoms with van der Waals surface area (Å²) in [5.74, 6) is 6.30. The molecule has 4 rings (SSSR count). The summed E-state index contributed by atoms with van der Waals surface area (Å²) in [6.07, 6.45) is 0.0506. The fraction of sp³-hybridized carbons (Fsp3) is 0.292. The topological polar surface area (TPSA) is 97.0 Å². The third-order valence-corrected chi connectivity index (χ3v) is 5.21.